The molecule has 2 atom stereocenters. The second-order valence-electron chi connectivity index (χ2n) is 3.75. The number of carbonyl (C=O) groups excluding carboxylic acids is 1. The minimum absolute atomic E-state index is 0.238. The Labute approximate surface area is 80.5 Å². The molecule has 0 aromatic rings. The zero-order chi connectivity index (χ0) is 9.84. The lowest BCUT2D eigenvalue weighted by molar-refractivity contribution is -0.124. The monoisotopic (exact) mass is 184 g/mol. The number of hydrogen-bond acceptors (Lipinski definition) is 2. The predicted molar refractivity (Wildman–Crippen MR) is 53.5 cm³/mol. The number of piperidine rings is 1. The quantitative estimate of drug-likeness (QED) is 0.601. The van der Waals surface area contributed by atoms with Crippen LogP contribution in [-0.2, 0) is 4.79 Å². The van der Waals surface area contributed by atoms with Gasteiger partial charge < -0.3 is 10.2 Å². The Morgan fingerprint density at radius 3 is 2.62 bits per heavy atom. The number of rotatable bonds is 0. The van der Waals surface area contributed by atoms with Crippen LogP contribution in [0.25, 0.3) is 0 Å². The zero-order valence-corrected chi connectivity index (χ0v) is 8.84. The van der Waals surface area contributed by atoms with Crippen molar-refractivity contribution in [1.29, 1.82) is 0 Å². The number of amides is 1. The summed E-state index contributed by atoms with van der Waals surface area (Å²) in [6.45, 7) is 7.16. The topological polar surface area (TPSA) is 32.3 Å². The van der Waals surface area contributed by atoms with Gasteiger partial charge in [0.25, 0.3) is 0 Å². The van der Waals surface area contributed by atoms with Crippen molar-refractivity contribution in [2.75, 3.05) is 26.7 Å². The minimum atomic E-state index is 0.238. The predicted octanol–water partition coefficient (Wildman–Crippen LogP) is 0.710. The molecule has 0 spiro atoms. The van der Waals surface area contributed by atoms with E-state index in [1.54, 1.807) is 0 Å². The van der Waals surface area contributed by atoms with Crippen LogP contribution in [0.15, 0.2) is 0 Å². The van der Waals surface area contributed by atoms with Crippen molar-refractivity contribution in [3.05, 3.63) is 0 Å². The molecule has 0 saturated carbocycles. The van der Waals surface area contributed by atoms with E-state index in [9.17, 15) is 4.79 Å². The molecule has 13 heavy (non-hydrogen) atoms. The van der Waals surface area contributed by atoms with Gasteiger partial charge in [-0.15, -0.1) is 0 Å². The van der Waals surface area contributed by atoms with Crippen molar-refractivity contribution < 1.29 is 4.79 Å². The van der Waals surface area contributed by atoms with Gasteiger partial charge in [0.15, 0.2) is 0 Å². The average Bonchev–Trinajstić information content (AvgIpc) is 2.48. The van der Waals surface area contributed by atoms with Gasteiger partial charge in [-0.2, -0.15) is 0 Å². The molecule has 0 bridgehead atoms. The molecule has 0 aliphatic carbocycles. The zero-order valence-electron chi connectivity index (χ0n) is 8.84. The summed E-state index contributed by atoms with van der Waals surface area (Å²) in [6.07, 6.45) is 0.745. The average molecular weight is 184 g/mol. The molecule has 2 saturated heterocycles. The fraction of sp³-hybridized carbons (Fsp3) is 0.900. The molecular formula is C10H20N2O. The lowest BCUT2D eigenvalue weighted by Gasteiger charge is -2.23. The van der Waals surface area contributed by atoms with Gasteiger partial charge in [-0.05, 0) is 18.9 Å². The Morgan fingerprint density at radius 1 is 1.31 bits per heavy atom. The number of nitrogens with one attached hydrogen (secondary N) is 1. The molecule has 1 amide bonds. The maximum atomic E-state index is 11.0. The number of nitrogens with zero attached hydrogens (tertiary/aromatic N) is 1. The third kappa shape index (κ3) is 2.44. The van der Waals surface area contributed by atoms with Gasteiger partial charge in [-0.25, -0.2) is 0 Å². The van der Waals surface area contributed by atoms with Crippen LogP contribution in [-0.4, -0.2) is 37.5 Å². The molecule has 0 aromatic heterocycles. The lowest BCUT2D eigenvalue weighted by atomic mass is 9.89. The first-order chi connectivity index (χ1) is 6.25. The Morgan fingerprint density at radius 2 is 1.92 bits per heavy atom. The van der Waals surface area contributed by atoms with Gasteiger partial charge in [0.05, 0.1) is 0 Å². The van der Waals surface area contributed by atoms with Gasteiger partial charge >= 0.3 is 0 Å². The van der Waals surface area contributed by atoms with Crippen LogP contribution >= 0.6 is 0 Å². The standard InChI is InChI=1S/C8H14N2O.C2H6/c1-10-4-6-2-8(11)9-3-7(6)5-10;1-2/h6-7H,2-5H2,1H3,(H,9,11);1-2H3. The van der Waals surface area contributed by atoms with E-state index >= 15 is 0 Å². The first-order valence-corrected chi connectivity index (χ1v) is 5.21. The Hall–Kier alpha value is -0.570. The maximum absolute atomic E-state index is 11.0. The normalized spacial score (nSPS) is 33.0. The maximum Gasteiger partial charge on any atom is 0.220 e. The third-order valence-electron chi connectivity index (χ3n) is 2.77. The largest absolute Gasteiger partial charge is 0.356 e. The van der Waals surface area contributed by atoms with Gasteiger partial charge in [0.1, 0.15) is 0 Å². The fourth-order valence-corrected chi connectivity index (χ4v) is 2.19. The highest BCUT2D eigenvalue weighted by atomic mass is 16.1. The first kappa shape index (κ1) is 10.5. The van der Waals surface area contributed by atoms with Gasteiger partial charge in [0.2, 0.25) is 5.91 Å². The van der Waals surface area contributed by atoms with E-state index in [-0.39, 0.29) is 5.91 Å². The smallest absolute Gasteiger partial charge is 0.220 e. The molecule has 2 aliphatic heterocycles. The van der Waals surface area contributed by atoms with Crippen LogP contribution in [0.2, 0.25) is 0 Å². The highest BCUT2D eigenvalue weighted by Gasteiger charge is 2.35. The Balaban J connectivity index is 0.000000396. The van der Waals surface area contributed by atoms with Crippen LogP contribution in [0.3, 0.4) is 0 Å². The lowest BCUT2D eigenvalue weighted by Crippen LogP contribution is -2.39. The number of likely N-dealkylation sites (tertiary alicyclic amines) is 1. The number of carbonyl (C=O) groups is 1. The van der Waals surface area contributed by atoms with Gasteiger partial charge in [-0.3, -0.25) is 4.79 Å². The van der Waals surface area contributed by atoms with E-state index < -0.39 is 0 Å². The summed E-state index contributed by atoms with van der Waals surface area (Å²) in [5, 5.41) is 2.91. The molecule has 2 heterocycles. The summed E-state index contributed by atoms with van der Waals surface area (Å²) < 4.78 is 0. The van der Waals surface area contributed by atoms with E-state index in [1.807, 2.05) is 13.8 Å². The highest BCUT2D eigenvalue weighted by Crippen LogP contribution is 2.26. The van der Waals surface area contributed by atoms with Crippen LogP contribution in [0, 0.1) is 11.8 Å². The van der Waals surface area contributed by atoms with E-state index in [4.69, 9.17) is 0 Å². The van der Waals surface area contributed by atoms with E-state index in [2.05, 4.69) is 17.3 Å². The van der Waals surface area contributed by atoms with Crippen molar-refractivity contribution in [1.82, 2.24) is 10.2 Å². The third-order valence-corrected chi connectivity index (χ3v) is 2.77. The van der Waals surface area contributed by atoms with Crippen LogP contribution in [0.5, 0.6) is 0 Å². The van der Waals surface area contributed by atoms with Crippen LogP contribution in [0.4, 0.5) is 0 Å². The van der Waals surface area contributed by atoms with Crippen molar-refractivity contribution in [2.24, 2.45) is 11.8 Å². The summed E-state index contributed by atoms with van der Waals surface area (Å²) in [5.41, 5.74) is 0. The molecule has 0 radical (unpaired) electrons. The highest BCUT2D eigenvalue weighted by molar-refractivity contribution is 5.77. The SMILES string of the molecule is CC.CN1CC2CNC(=O)CC2C1. The summed E-state index contributed by atoms with van der Waals surface area (Å²) in [6, 6.07) is 0. The summed E-state index contributed by atoms with van der Waals surface area (Å²) in [5.74, 6) is 1.59. The van der Waals surface area contributed by atoms with Crippen molar-refractivity contribution in [3.63, 3.8) is 0 Å². The summed E-state index contributed by atoms with van der Waals surface area (Å²) in [7, 11) is 2.13. The second-order valence-corrected chi connectivity index (χ2v) is 3.75. The van der Waals surface area contributed by atoms with Crippen LogP contribution in [0.1, 0.15) is 20.3 Å². The Bertz CT molecular complexity index is 182. The molecule has 0 aromatic carbocycles. The first-order valence-electron chi connectivity index (χ1n) is 5.21. The molecule has 76 valence electrons. The number of fused-ring (bicyclic) bond motifs is 1. The molecule has 3 nitrogen and oxygen atoms in total. The summed E-state index contributed by atoms with van der Waals surface area (Å²) in [4.78, 5) is 13.3. The minimum Gasteiger partial charge on any atom is -0.356 e. The summed E-state index contributed by atoms with van der Waals surface area (Å²) >= 11 is 0. The molecule has 2 fully saturated rings. The second kappa shape index (κ2) is 4.61. The molecular weight excluding hydrogens is 164 g/mol. The number of hydrogen-bond donors (Lipinski definition) is 1. The van der Waals surface area contributed by atoms with E-state index in [1.165, 1.54) is 0 Å². The van der Waals surface area contributed by atoms with Crippen LogP contribution < -0.4 is 5.32 Å². The molecule has 2 aliphatic rings. The molecule has 2 rings (SSSR count). The van der Waals surface area contributed by atoms with Gasteiger partial charge in [-0.1, -0.05) is 13.8 Å². The van der Waals surface area contributed by atoms with Crippen molar-refractivity contribution in [2.45, 2.75) is 20.3 Å². The van der Waals surface area contributed by atoms with E-state index in [0.29, 0.717) is 5.92 Å². The molecule has 3 heteroatoms. The molecule has 2 unspecified atom stereocenters. The fourth-order valence-electron chi connectivity index (χ4n) is 2.19. The van der Waals surface area contributed by atoms with Crippen molar-refractivity contribution >= 4 is 5.91 Å². The van der Waals surface area contributed by atoms with Gasteiger partial charge in [0, 0.05) is 26.1 Å². The van der Waals surface area contributed by atoms with Crippen molar-refractivity contribution in [3.8, 4) is 0 Å². The van der Waals surface area contributed by atoms with E-state index in [0.717, 1.165) is 32.0 Å². The Kier molecular flexibility index (Phi) is 3.72. The molecule has 1 N–H and O–H groups in total.